The molecule has 1 N–H and O–H groups in total. The molecule has 1 aliphatic carbocycles. The second-order valence-corrected chi connectivity index (χ2v) is 10.9. The quantitative estimate of drug-likeness (QED) is 0.316. The number of hydrogen-bond donors (Lipinski definition) is 1. The van der Waals surface area contributed by atoms with Crippen molar-refractivity contribution in [3.8, 4) is 23.0 Å². The maximum Gasteiger partial charge on any atom is 0.337 e. The van der Waals surface area contributed by atoms with Gasteiger partial charge in [0.25, 0.3) is 0 Å². The molecule has 0 unspecified atom stereocenters. The van der Waals surface area contributed by atoms with Crippen LogP contribution in [0, 0.1) is 0 Å². The molecule has 2 atom stereocenters. The highest BCUT2D eigenvalue weighted by atomic mass is 32.1. The number of esters is 1. The number of ether oxygens (including phenoxy) is 5. The lowest BCUT2D eigenvalue weighted by Gasteiger charge is -2.37. The first-order valence-electron chi connectivity index (χ1n) is 13.3. The molecule has 3 aromatic rings. The van der Waals surface area contributed by atoms with E-state index in [1.807, 2.05) is 42.6 Å². The lowest BCUT2D eigenvalue weighted by atomic mass is 9.72. The molecule has 0 saturated carbocycles. The maximum atomic E-state index is 13.9. The van der Waals surface area contributed by atoms with Gasteiger partial charge in [0.1, 0.15) is 18.1 Å². The molecule has 0 spiro atoms. The molecule has 0 amide bonds. The maximum absolute atomic E-state index is 13.9. The minimum absolute atomic E-state index is 0.0213. The first kappa shape index (κ1) is 28.3. The van der Waals surface area contributed by atoms with Crippen LogP contribution in [0.15, 0.2) is 76.5 Å². The minimum atomic E-state index is -0.721. The first-order valence-corrected chi connectivity index (χ1v) is 14.1. The van der Waals surface area contributed by atoms with Crippen LogP contribution < -0.4 is 24.3 Å². The monoisotopic (exact) mass is 575 g/mol. The Bertz CT molecular complexity index is 1510. The molecule has 0 radical (unpaired) electrons. The summed E-state index contributed by atoms with van der Waals surface area (Å²) < 4.78 is 27.9. The highest BCUT2D eigenvalue weighted by Gasteiger charge is 2.43. The predicted octanol–water partition coefficient (Wildman–Crippen LogP) is 5.89. The van der Waals surface area contributed by atoms with Crippen molar-refractivity contribution >= 4 is 23.1 Å². The molecule has 2 aliphatic rings. The first-order chi connectivity index (χ1) is 19.9. The highest BCUT2D eigenvalue weighted by Crippen LogP contribution is 2.50. The average Bonchev–Trinajstić information content (AvgIpc) is 3.54. The summed E-state index contributed by atoms with van der Waals surface area (Å²) in [6.45, 7) is 1.91. The minimum Gasteiger partial charge on any atom is -0.497 e. The van der Waals surface area contributed by atoms with E-state index < -0.39 is 11.9 Å². The molecule has 0 fully saturated rings. The zero-order valence-corrected chi connectivity index (χ0v) is 24.6. The number of Topliss-reactive ketones (excluding diaryl/α,β-unsaturated/α-hetero) is 1. The van der Waals surface area contributed by atoms with E-state index in [0.717, 1.165) is 11.3 Å². The molecular weight excluding hydrogens is 542 g/mol. The van der Waals surface area contributed by atoms with E-state index in [2.05, 4.69) is 11.4 Å². The third-order valence-electron chi connectivity index (χ3n) is 7.57. The fraction of sp³-hybridized carbons (Fsp3) is 0.312. The number of methoxy groups -OCH3 is 4. The molecule has 1 aliphatic heterocycles. The summed E-state index contributed by atoms with van der Waals surface area (Å²) in [5.74, 6) is 0.939. The second-order valence-electron chi connectivity index (χ2n) is 9.91. The van der Waals surface area contributed by atoms with Gasteiger partial charge in [-0.05, 0) is 48.6 Å². The van der Waals surface area contributed by atoms with Crippen molar-refractivity contribution in [2.75, 3.05) is 28.4 Å². The summed E-state index contributed by atoms with van der Waals surface area (Å²) in [4.78, 5) is 28.9. The van der Waals surface area contributed by atoms with Gasteiger partial charge in [0.05, 0.1) is 39.9 Å². The van der Waals surface area contributed by atoms with Crippen LogP contribution in [-0.2, 0) is 20.9 Å². The predicted molar refractivity (Wildman–Crippen MR) is 156 cm³/mol. The van der Waals surface area contributed by atoms with Crippen LogP contribution in [0.2, 0.25) is 0 Å². The number of rotatable bonds is 9. The van der Waals surface area contributed by atoms with Crippen molar-refractivity contribution in [3.05, 3.63) is 92.5 Å². The Morgan fingerprint density at radius 2 is 1.63 bits per heavy atom. The van der Waals surface area contributed by atoms with Crippen molar-refractivity contribution in [2.24, 2.45) is 0 Å². The lowest BCUT2D eigenvalue weighted by molar-refractivity contribution is -0.140. The van der Waals surface area contributed by atoms with Gasteiger partial charge in [-0.2, -0.15) is 0 Å². The van der Waals surface area contributed by atoms with Crippen LogP contribution in [-0.4, -0.2) is 40.2 Å². The summed E-state index contributed by atoms with van der Waals surface area (Å²) in [5.41, 5.74) is 3.78. The molecule has 8 nitrogen and oxygen atoms in total. The van der Waals surface area contributed by atoms with Crippen molar-refractivity contribution < 1.29 is 33.3 Å². The normalized spacial score (nSPS) is 18.4. The van der Waals surface area contributed by atoms with Crippen LogP contribution in [0.1, 0.15) is 47.6 Å². The van der Waals surface area contributed by atoms with Gasteiger partial charge in [-0.3, -0.25) is 4.79 Å². The Morgan fingerprint density at radius 1 is 0.927 bits per heavy atom. The van der Waals surface area contributed by atoms with Gasteiger partial charge < -0.3 is 29.0 Å². The molecule has 2 heterocycles. The molecule has 214 valence electrons. The van der Waals surface area contributed by atoms with E-state index in [-0.39, 0.29) is 18.3 Å². The van der Waals surface area contributed by atoms with Gasteiger partial charge in [0, 0.05) is 45.8 Å². The van der Waals surface area contributed by atoms with Gasteiger partial charge in [0.2, 0.25) is 0 Å². The van der Waals surface area contributed by atoms with Gasteiger partial charge in [-0.1, -0.05) is 18.2 Å². The highest BCUT2D eigenvalue weighted by molar-refractivity contribution is 7.10. The Morgan fingerprint density at radius 3 is 2.27 bits per heavy atom. The molecule has 5 rings (SSSR count). The van der Waals surface area contributed by atoms with Crippen molar-refractivity contribution in [2.45, 2.75) is 38.2 Å². The van der Waals surface area contributed by atoms with Crippen LogP contribution in [0.5, 0.6) is 23.0 Å². The molecule has 1 aromatic heterocycles. The number of thiophene rings is 1. The van der Waals surface area contributed by atoms with E-state index >= 15 is 0 Å². The summed E-state index contributed by atoms with van der Waals surface area (Å²) >= 11 is 1.65. The van der Waals surface area contributed by atoms with Crippen LogP contribution in [0.3, 0.4) is 0 Å². The largest absolute Gasteiger partial charge is 0.497 e. The molecule has 0 saturated heterocycles. The van der Waals surface area contributed by atoms with E-state index in [1.54, 1.807) is 51.9 Å². The lowest BCUT2D eigenvalue weighted by Crippen LogP contribution is -2.36. The van der Waals surface area contributed by atoms with Crippen LogP contribution in [0.25, 0.3) is 0 Å². The van der Waals surface area contributed by atoms with Crippen molar-refractivity contribution in [1.82, 2.24) is 5.32 Å². The number of hydrogen-bond acceptors (Lipinski definition) is 9. The summed E-state index contributed by atoms with van der Waals surface area (Å²) in [6.07, 6.45) is 1.000. The Balaban J connectivity index is 1.58. The zero-order valence-electron chi connectivity index (χ0n) is 23.7. The molecular formula is C32H33NO7S. The number of benzene rings is 2. The van der Waals surface area contributed by atoms with Gasteiger partial charge >= 0.3 is 5.97 Å². The molecule has 9 heteroatoms. The summed E-state index contributed by atoms with van der Waals surface area (Å²) in [6, 6.07) is 14.9. The van der Waals surface area contributed by atoms with Crippen molar-refractivity contribution in [1.29, 1.82) is 0 Å². The third kappa shape index (κ3) is 5.54. The number of ketones is 1. The average molecular weight is 576 g/mol. The summed E-state index contributed by atoms with van der Waals surface area (Å²) in [5, 5.41) is 5.43. The van der Waals surface area contributed by atoms with Crippen LogP contribution in [0.4, 0.5) is 0 Å². The number of carbonyl (C=O) groups is 2. The van der Waals surface area contributed by atoms with Crippen molar-refractivity contribution in [3.63, 3.8) is 0 Å². The standard InChI is InChI=1S/C32H33NO7S/c1-18-29(32(35)40-17-19-8-10-21(36-2)11-9-19)30(22-15-26(38-4)27(39-5)16-25(22)37-3)31-23(33-18)13-20(14-24(31)34)28-7-6-12-41-28/h6-12,15-16,20,30,33H,13-14,17H2,1-5H3/t20-,30-/m1/s1. The fourth-order valence-corrected chi connectivity index (χ4v) is 6.40. The van der Waals surface area contributed by atoms with E-state index in [1.165, 1.54) is 4.88 Å². The Kier molecular flexibility index (Phi) is 8.35. The number of allylic oxidation sites excluding steroid dienone is 3. The summed E-state index contributed by atoms with van der Waals surface area (Å²) in [7, 11) is 6.24. The van der Waals surface area contributed by atoms with Gasteiger partial charge in [-0.25, -0.2) is 4.79 Å². The molecule has 41 heavy (non-hydrogen) atoms. The second kappa shape index (κ2) is 12.1. The van der Waals surface area contributed by atoms with E-state index in [0.29, 0.717) is 58.2 Å². The third-order valence-corrected chi connectivity index (χ3v) is 8.60. The Hall–Kier alpha value is -4.24. The topological polar surface area (TPSA) is 92.3 Å². The number of nitrogens with one attached hydrogen (secondary N) is 1. The smallest absolute Gasteiger partial charge is 0.337 e. The van der Waals surface area contributed by atoms with Gasteiger partial charge in [-0.15, -0.1) is 11.3 Å². The SMILES string of the molecule is COc1ccc(COC(=O)C2=C(C)NC3=C(C(=O)C[C@H](c4cccs4)C3)[C@@H]2c2cc(OC)c(OC)cc2OC)cc1. The zero-order chi connectivity index (χ0) is 29.1. The van der Waals surface area contributed by atoms with E-state index in [4.69, 9.17) is 23.7 Å². The molecule has 0 bridgehead atoms. The number of dihydropyridines is 1. The number of carbonyl (C=O) groups excluding carboxylic acids is 2. The Labute approximate surface area is 243 Å². The molecule has 2 aromatic carbocycles. The van der Waals surface area contributed by atoms with Crippen LogP contribution >= 0.6 is 11.3 Å². The fourth-order valence-electron chi connectivity index (χ4n) is 5.57. The van der Waals surface area contributed by atoms with E-state index in [9.17, 15) is 9.59 Å². The van der Waals surface area contributed by atoms with Gasteiger partial charge in [0.15, 0.2) is 17.3 Å².